The maximum atomic E-state index is 13.9. The molecular formula is C20H20FNO2. The summed E-state index contributed by atoms with van der Waals surface area (Å²) in [4.78, 5) is 14.3. The first-order valence-corrected chi connectivity index (χ1v) is 8.04. The van der Waals surface area contributed by atoms with Crippen LogP contribution in [0.1, 0.15) is 24.0 Å². The van der Waals surface area contributed by atoms with Gasteiger partial charge in [-0.2, -0.15) is 0 Å². The van der Waals surface area contributed by atoms with E-state index in [0.29, 0.717) is 17.9 Å². The molecule has 1 aliphatic rings. The lowest BCUT2D eigenvalue weighted by molar-refractivity contribution is -0.127. The molecular weight excluding hydrogens is 305 g/mol. The molecule has 0 unspecified atom stereocenters. The predicted molar refractivity (Wildman–Crippen MR) is 92.0 cm³/mol. The number of methoxy groups -OCH3 is 1. The smallest absolute Gasteiger partial charge is 0.247 e. The van der Waals surface area contributed by atoms with Crippen LogP contribution in [0, 0.1) is 5.82 Å². The van der Waals surface area contributed by atoms with Crippen LogP contribution in [0.25, 0.3) is 6.08 Å². The molecule has 1 fully saturated rings. The molecule has 3 nitrogen and oxygen atoms in total. The maximum Gasteiger partial charge on any atom is 0.247 e. The Hall–Kier alpha value is -2.62. The molecule has 0 bridgehead atoms. The molecule has 24 heavy (non-hydrogen) atoms. The van der Waals surface area contributed by atoms with Gasteiger partial charge in [-0.15, -0.1) is 0 Å². The highest BCUT2D eigenvalue weighted by atomic mass is 19.1. The second kappa shape index (κ2) is 7.30. The van der Waals surface area contributed by atoms with Gasteiger partial charge in [0.05, 0.1) is 7.11 Å². The van der Waals surface area contributed by atoms with Gasteiger partial charge < -0.3 is 9.64 Å². The van der Waals surface area contributed by atoms with E-state index in [2.05, 4.69) is 0 Å². The van der Waals surface area contributed by atoms with Crippen molar-refractivity contribution in [2.75, 3.05) is 7.11 Å². The molecule has 124 valence electrons. The molecule has 3 rings (SSSR count). The maximum absolute atomic E-state index is 13.9. The standard InChI is InChI=1S/C20H20FNO2/c1-24-19-9-5-3-6-15(19)10-13-20(23)22(17-11-12-17)14-16-7-2-4-8-18(16)21/h2-10,13,17H,11-12,14H2,1H3/b13-10+. The van der Waals surface area contributed by atoms with Crippen molar-refractivity contribution in [3.63, 3.8) is 0 Å². The first-order chi connectivity index (χ1) is 11.7. The van der Waals surface area contributed by atoms with E-state index in [1.807, 2.05) is 24.3 Å². The Balaban J connectivity index is 1.75. The van der Waals surface area contributed by atoms with Gasteiger partial charge in [-0.3, -0.25) is 4.79 Å². The van der Waals surface area contributed by atoms with Gasteiger partial charge in [-0.05, 0) is 31.1 Å². The number of halogens is 1. The number of hydrogen-bond acceptors (Lipinski definition) is 2. The Morgan fingerprint density at radius 1 is 1.21 bits per heavy atom. The molecule has 2 aromatic carbocycles. The van der Waals surface area contributed by atoms with Crippen molar-refractivity contribution in [2.24, 2.45) is 0 Å². The zero-order valence-electron chi connectivity index (χ0n) is 13.6. The van der Waals surface area contributed by atoms with Gasteiger partial charge in [0.25, 0.3) is 0 Å². The van der Waals surface area contributed by atoms with Crippen LogP contribution < -0.4 is 4.74 Å². The number of benzene rings is 2. The monoisotopic (exact) mass is 325 g/mol. The van der Waals surface area contributed by atoms with Gasteiger partial charge in [0.1, 0.15) is 11.6 Å². The fourth-order valence-corrected chi connectivity index (χ4v) is 2.64. The third-order valence-corrected chi connectivity index (χ3v) is 4.11. The minimum absolute atomic E-state index is 0.105. The minimum Gasteiger partial charge on any atom is -0.496 e. The largest absolute Gasteiger partial charge is 0.496 e. The van der Waals surface area contributed by atoms with Crippen molar-refractivity contribution in [1.29, 1.82) is 0 Å². The predicted octanol–water partition coefficient (Wildman–Crippen LogP) is 4.04. The fraction of sp³-hybridized carbons (Fsp3) is 0.250. The number of rotatable bonds is 6. The van der Waals surface area contributed by atoms with Gasteiger partial charge >= 0.3 is 0 Å². The lowest BCUT2D eigenvalue weighted by Crippen LogP contribution is -2.31. The van der Waals surface area contributed by atoms with E-state index in [4.69, 9.17) is 4.74 Å². The first-order valence-electron chi connectivity index (χ1n) is 8.04. The van der Waals surface area contributed by atoms with E-state index in [1.165, 1.54) is 12.1 Å². The van der Waals surface area contributed by atoms with E-state index in [1.54, 1.807) is 36.3 Å². The Morgan fingerprint density at radius 3 is 2.62 bits per heavy atom. The molecule has 2 aromatic rings. The number of ether oxygens (including phenoxy) is 1. The van der Waals surface area contributed by atoms with Crippen molar-refractivity contribution in [2.45, 2.75) is 25.4 Å². The summed E-state index contributed by atoms with van der Waals surface area (Å²) in [5.74, 6) is 0.338. The summed E-state index contributed by atoms with van der Waals surface area (Å²) >= 11 is 0. The van der Waals surface area contributed by atoms with Crippen LogP contribution in [0.5, 0.6) is 5.75 Å². The molecule has 0 aromatic heterocycles. The highest BCUT2D eigenvalue weighted by Crippen LogP contribution is 2.29. The van der Waals surface area contributed by atoms with Gasteiger partial charge in [-0.1, -0.05) is 36.4 Å². The molecule has 0 atom stereocenters. The molecule has 0 aliphatic heterocycles. The van der Waals surface area contributed by atoms with Crippen molar-refractivity contribution in [3.05, 3.63) is 71.6 Å². The summed E-state index contributed by atoms with van der Waals surface area (Å²) in [5.41, 5.74) is 1.39. The van der Waals surface area contributed by atoms with Gasteiger partial charge in [0, 0.05) is 29.8 Å². The van der Waals surface area contributed by atoms with E-state index in [9.17, 15) is 9.18 Å². The number of amides is 1. The molecule has 1 amide bonds. The van der Waals surface area contributed by atoms with E-state index in [0.717, 1.165) is 18.4 Å². The van der Waals surface area contributed by atoms with E-state index in [-0.39, 0.29) is 17.8 Å². The SMILES string of the molecule is COc1ccccc1/C=C/C(=O)N(Cc1ccccc1F)C1CC1. The molecule has 0 saturated heterocycles. The Morgan fingerprint density at radius 2 is 1.92 bits per heavy atom. The zero-order valence-corrected chi connectivity index (χ0v) is 13.6. The van der Waals surface area contributed by atoms with Crippen LogP contribution >= 0.6 is 0 Å². The summed E-state index contributed by atoms with van der Waals surface area (Å²) in [6.45, 7) is 0.298. The summed E-state index contributed by atoms with van der Waals surface area (Å²) in [7, 11) is 1.60. The zero-order chi connectivity index (χ0) is 16.9. The molecule has 0 spiro atoms. The quantitative estimate of drug-likeness (QED) is 0.750. The van der Waals surface area contributed by atoms with Gasteiger partial charge in [0.15, 0.2) is 0 Å². The van der Waals surface area contributed by atoms with Gasteiger partial charge in [0.2, 0.25) is 5.91 Å². The third-order valence-electron chi connectivity index (χ3n) is 4.11. The number of nitrogens with zero attached hydrogens (tertiary/aromatic N) is 1. The topological polar surface area (TPSA) is 29.5 Å². The number of carbonyl (C=O) groups excluding carboxylic acids is 1. The van der Waals surface area contributed by atoms with Crippen LogP contribution in [0.15, 0.2) is 54.6 Å². The first kappa shape index (κ1) is 16.2. The minimum atomic E-state index is -0.273. The summed E-state index contributed by atoms with van der Waals surface area (Å²) in [6.07, 6.45) is 5.24. The molecule has 0 radical (unpaired) electrons. The summed E-state index contributed by atoms with van der Waals surface area (Å²) in [5, 5.41) is 0. The average Bonchev–Trinajstić information content (AvgIpc) is 3.44. The van der Waals surface area contributed by atoms with E-state index < -0.39 is 0 Å². The lowest BCUT2D eigenvalue weighted by Gasteiger charge is -2.21. The molecule has 4 heteroatoms. The van der Waals surface area contributed by atoms with Crippen molar-refractivity contribution < 1.29 is 13.9 Å². The summed E-state index contributed by atoms with van der Waals surface area (Å²) in [6, 6.07) is 14.3. The molecule has 0 N–H and O–H groups in total. The highest BCUT2D eigenvalue weighted by Gasteiger charge is 2.32. The van der Waals surface area contributed by atoms with Crippen LogP contribution in [-0.2, 0) is 11.3 Å². The van der Waals surface area contributed by atoms with Crippen LogP contribution in [0.4, 0.5) is 4.39 Å². The second-order valence-electron chi connectivity index (χ2n) is 5.86. The van der Waals surface area contributed by atoms with E-state index >= 15 is 0 Å². The van der Waals surface area contributed by atoms with Crippen molar-refractivity contribution in [1.82, 2.24) is 4.90 Å². The van der Waals surface area contributed by atoms with Crippen molar-refractivity contribution >= 4 is 12.0 Å². The Bertz CT molecular complexity index is 753. The van der Waals surface area contributed by atoms with Gasteiger partial charge in [-0.25, -0.2) is 4.39 Å². The Kier molecular flexibility index (Phi) is 4.94. The highest BCUT2D eigenvalue weighted by molar-refractivity contribution is 5.92. The number of carbonyl (C=O) groups is 1. The normalized spacial score (nSPS) is 13.9. The second-order valence-corrected chi connectivity index (χ2v) is 5.86. The van der Waals surface area contributed by atoms with Crippen LogP contribution in [-0.4, -0.2) is 24.0 Å². The number of hydrogen-bond donors (Lipinski definition) is 0. The van der Waals surface area contributed by atoms with Crippen LogP contribution in [0.3, 0.4) is 0 Å². The fourth-order valence-electron chi connectivity index (χ4n) is 2.64. The molecule has 0 heterocycles. The molecule has 1 aliphatic carbocycles. The summed E-state index contributed by atoms with van der Waals surface area (Å²) < 4.78 is 19.2. The Labute approximate surface area is 141 Å². The number of para-hydroxylation sites is 1. The lowest BCUT2D eigenvalue weighted by atomic mass is 10.1. The molecule has 1 saturated carbocycles. The third kappa shape index (κ3) is 3.82. The average molecular weight is 325 g/mol. The van der Waals surface area contributed by atoms with Crippen LogP contribution in [0.2, 0.25) is 0 Å². The van der Waals surface area contributed by atoms with Crippen molar-refractivity contribution in [3.8, 4) is 5.75 Å².